The molecule has 0 saturated heterocycles. The number of hydrogen-bond acceptors (Lipinski definition) is 3. The molecule has 0 spiro atoms. The average molecular weight is 381 g/mol. The third-order valence-electron chi connectivity index (χ3n) is 8.65. The summed E-state index contributed by atoms with van der Waals surface area (Å²) in [4.78, 5) is 13.3. The number of carbonyl (C=O) groups excluding carboxylic acids is 1. The SMILES string of the molecule is CCCCN1N=C(C(=O)C[C@H]2C[C@@H]3CC[C@]2(C)C3(C)C)CC1c1ccccc1. The lowest BCUT2D eigenvalue weighted by Gasteiger charge is -2.39. The summed E-state index contributed by atoms with van der Waals surface area (Å²) in [6.07, 6.45) is 7.57. The van der Waals surface area contributed by atoms with Gasteiger partial charge in [-0.15, -0.1) is 0 Å². The van der Waals surface area contributed by atoms with Crippen molar-refractivity contribution in [2.75, 3.05) is 6.54 Å². The summed E-state index contributed by atoms with van der Waals surface area (Å²) in [5.41, 5.74) is 2.77. The summed E-state index contributed by atoms with van der Waals surface area (Å²) in [6.45, 7) is 10.4. The number of hydrogen-bond donors (Lipinski definition) is 0. The van der Waals surface area contributed by atoms with Gasteiger partial charge in [0.05, 0.1) is 6.04 Å². The maximum Gasteiger partial charge on any atom is 0.179 e. The fourth-order valence-electron chi connectivity index (χ4n) is 6.23. The van der Waals surface area contributed by atoms with Crippen molar-refractivity contribution in [1.82, 2.24) is 5.01 Å². The topological polar surface area (TPSA) is 32.7 Å². The highest BCUT2D eigenvalue weighted by Gasteiger charge is 2.61. The third-order valence-corrected chi connectivity index (χ3v) is 8.65. The van der Waals surface area contributed by atoms with E-state index in [9.17, 15) is 4.79 Å². The van der Waals surface area contributed by atoms with Crippen LogP contribution in [0.4, 0.5) is 0 Å². The van der Waals surface area contributed by atoms with Gasteiger partial charge in [0.1, 0.15) is 5.71 Å². The number of Topliss-reactive ketones (excluding diaryl/α,β-unsaturated/α-hetero) is 1. The molecule has 2 saturated carbocycles. The standard InChI is InChI=1S/C25H36N2O/c1-5-6-14-27-22(18-10-8-7-9-11-18)17-21(26-27)23(28)16-20-15-19-12-13-25(20,4)24(19,2)3/h7-11,19-20,22H,5-6,12-17H2,1-4H3/t19-,20+,22?,25-/m0/s1. The second kappa shape index (κ2) is 7.31. The van der Waals surface area contributed by atoms with Gasteiger partial charge in [0.15, 0.2) is 5.78 Å². The van der Waals surface area contributed by atoms with Crippen LogP contribution in [0.25, 0.3) is 0 Å². The van der Waals surface area contributed by atoms with Gasteiger partial charge in [0.2, 0.25) is 0 Å². The van der Waals surface area contributed by atoms with E-state index in [-0.39, 0.29) is 6.04 Å². The molecule has 4 atom stereocenters. The van der Waals surface area contributed by atoms with E-state index in [0.29, 0.717) is 29.0 Å². The van der Waals surface area contributed by atoms with Gasteiger partial charge in [-0.05, 0) is 53.9 Å². The van der Waals surface area contributed by atoms with Gasteiger partial charge in [-0.1, -0.05) is 64.4 Å². The average Bonchev–Trinajstić information content (AvgIpc) is 3.27. The Balaban J connectivity index is 1.48. The Morgan fingerprint density at radius 2 is 1.96 bits per heavy atom. The molecule has 28 heavy (non-hydrogen) atoms. The first-order valence-corrected chi connectivity index (χ1v) is 11.3. The van der Waals surface area contributed by atoms with E-state index in [1.54, 1.807) is 0 Å². The van der Waals surface area contributed by atoms with Gasteiger partial charge in [-0.3, -0.25) is 9.80 Å². The van der Waals surface area contributed by atoms with E-state index in [1.165, 1.54) is 24.8 Å². The Bertz CT molecular complexity index is 753. The molecule has 1 heterocycles. The van der Waals surface area contributed by atoms with Crippen molar-refractivity contribution in [2.24, 2.45) is 27.8 Å². The van der Waals surface area contributed by atoms with Crippen LogP contribution in [-0.4, -0.2) is 23.0 Å². The molecule has 2 aliphatic carbocycles. The molecule has 152 valence electrons. The lowest BCUT2D eigenvalue weighted by molar-refractivity contribution is -0.115. The van der Waals surface area contributed by atoms with E-state index in [4.69, 9.17) is 5.10 Å². The van der Waals surface area contributed by atoms with Crippen molar-refractivity contribution in [3.8, 4) is 0 Å². The number of carbonyl (C=O) groups is 1. The number of unbranched alkanes of at least 4 members (excludes halogenated alkanes) is 1. The van der Waals surface area contributed by atoms with Crippen LogP contribution in [0.15, 0.2) is 35.4 Å². The zero-order chi connectivity index (χ0) is 19.9. The first kappa shape index (κ1) is 19.7. The van der Waals surface area contributed by atoms with E-state index < -0.39 is 0 Å². The Labute approximate surface area is 170 Å². The second-order valence-corrected chi connectivity index (χ2v) is 10.1. The predicted octanol–water partition coefficient (Wildman–Crippen LogP) is 6.01. The number of ketones is 1. The number of hydrazone groups is 1. The highest BCUT2D eigenvalue weighted by atomic mass is 16.1. The fraction of sp³-hybridized carbons (Fsp3) is 0.680. The van der Waals surface area contributed by atoms with Crippen LogP contribution in [0, 0.1) is 22.7 Å². The summed E-state index contributed by atoms with van der Waals surface area (Å²) >= 11 is 0. The van der Waals surface area contributed by atoms with E-state index in [2.05, 4.69) is 63.0 Å². The van der Waals surface area contributed by atoms with Crippen LogP contribution in [0.5, 0.6) is 0 Å². The van der Waals surface area contributed by atoms with E-state index >= 15 is 0 Å². The predicted molar refractivity (Wildman–Crippen MR) is 115 cm³/mol. The zero-order valence-electron chi connectivity index (χ0n) is 18.1. The Morgan fingerprint density at radius 1 is 1.21 bits per heavy atom. The number of benzene rings is 1. The van der Waals surface area contributed by atoms with Crippen LogP contribution in [0.3, 0.4) is 0 Å². The molecule has 1 aromatic carbocycles. The van der Waals surface area contributed by atoms with Gasteiger partial charge < -0.3 is 0 Å². The lowest BCUT2D eigenvalue weighted by atomic mass is 9.65. The summed E-state index contributed by atoms with van der Waals surface area (Å²) < 4.78 is 0. The molecule has 1 aromatic rings. The molecular formula is C25H36N2O. The molecule has 2 fully saturated rings. The van der Waals surface area contributed by atoms with Crippen LogP contribution in [-0.2, 0) is 4.79 Å². The smallest absolute Gasteiger partial charge is 0.179 e. The van der Waals surface area contributed by atoms with E-state index in [0.717, 1.165) is 37.4 Å². The molecule has 3 nitrogen and oxygen atoms in total. The first-order chi connectivity index (χ1) is 13.4. The van der Waals surface area contributed by atoms with Crippen molar-refractivity contribution >= 4 is 11.5 Å². The zero-order valence-corrected chi connectivity index (χ0v) is 18.1. The van der Waals surface area contributed by atoms with Crippen LogP contribution >= 0.6 is 0 Å². The highest BCUT2D eigenvalue weighted by molar-refractivity contribution is 6.40. The van der Waals surface area contributed by atoms with Crippen molar-refractivity contribution < 1.29 is 4.79 Å². The summed E-state index contributed by atoms with van der Waals surface area (Å²) in [7, 11) is 0. The maximum atomic E-state index is 13.3. The molecule has 4 rings (SSSR count). The maximum absolute atomic E-state index is 13.3. The van der Waals surface area contributed by atoms with Gasteiger partial charge in [0.25, 0.3) is 0 Å². The fourth-order valence-corrected chi connectivity index (χ4v) is 6.23. The summed E-state index contributed by atoms with van der Waals surface area (Å²) in [6, 6.07) is 10.8. The third kappa shape index (κ3) is 3.11. The molecule has 2 bridgehead atoms. The quantitative estimate of drug-likeness (QED) is 0.580. The molecule has 3 heteroatoms. The Kier molecular flexibility index (Phi) is 5.14. The van der Waals surface area contributed by atoms with Gasteiger partial charge in [-0.2, -0.15) is 5.10 Å². The van der Waals surface area contributed by atoms with Crippen molar-refractivity contribution in [2.45, 2.75) is 78.7 Å². The van der Waals surface area contributed by atoms with Crippen molar-refractivity contribution in [3.63, 3.8) is 0 Å². The highest BCUT2D eigenvalue weighted by Crippen LogP contribution is 2.68. The monoisotopic (exact) mass is 380 g/mol. The van der Waals surface area contributed by atoms with Gasteiger partial charge in [-0.25, -0.2) is 0 Å². The van der Waals surface area contributed by atoms with Gasteiger partial charge in [0, 0.05) is 19.4 Å². The molecule has 3 aliphatic rings. The minimum absolute atomic E-state index is 0.221. The lowest BCUT2D eigenvalue weighted by Crippen LogP contribution is -2.34. The van der Waals surface area contributed by atoms with Crippen LogP contribution < -0.4 is 0 Å². The number of rotatable bonds is 7. The summed E-state index contributed by atoms with van der Waals surface area (Å²) in [5.74, 6) is 1.62. The molecule has 0 aromatic heterocycles. The second-order valence-electron chi connectivity index (χ2n) is 10.1. The molecular weight excluding hydrogens is 344 g/mol. The Morgan fingerprint density at radius 3 is 2.57 bits per heavy atom. The van der Waals surface area contributed by atoms with Crippen LogP contribution in [0.2, 0.25) is 0 Å². The molecule has 0 radical (unpaired) electrons. The minimum Gasteiger partial charge on any atom is -0.293 e. The molecule has 1 unspecified atom stereocenters. The largest absolute Gasteiger partial charge is 0.293 e. The first-order valence-electron chi connectivity index (χ1n) is 11.3. The van der Waals surface area contributed by atoms with Crippen LogP contribution in [0.1, 0.15) is 84.2 Å². The number of nitrogens with zero attached hydrogens (tertiary/aromatic N) is 2. The normalized spacial score (nSPS) is 33.4. The molecule has 0 N–H and O–H groups in total. The summed E-state index contributed by atoms with van der Waals surface area (Å²) in [5, 5.41) is 7.03. The molecule has 0 amide bonds. The molecule has 1 aliphatic heterocycles. The minimum atomic E-state index is 0.221. The van der Waals surface area contributed by atoms with E-state index in [1.807, 2.05) is 0 Å². The van der Waals surface area contributed by atoms with Crippen molar-refractivity contribution in [1.29, 1.82) is 0 Å². The van der Waals surface area contributed by atoms with Gasteiger partial charge >= 0.3 is 0 Å². The Hall–Kier alpha value is -1.64. The van der Waals surface area contributed by atoms with Crippen molar-refractivity contribution in [3.05, 3.63) is 35.9 Å². The number of fused-ring (bicyclic) bond motifs is 2.